The third-order valence-corrected chi connectivity index (χ3v) is 5.31. The molecule has 1 saturated heterocycles. The Morgan fingerprint density at radius 2 is 2.04 bits per heavy atom. The summed E-state index contributed by atoms with van der Waals surface area (Å²) in [5, 5.41) is 11.9. The van der Waals surface area contributed by atoms with Gasteiger partial charge in [-0.25, -0.2) is 4.98 Å². The van der Waals surface area contributed by atoms with Crippen LogP contribution in [0.15, 0.2) is 11.6 Å². The van der Waals surface area contributed by atoms with Crippen molar-refractivity contribution >= 4 is 17.2 Å². The number of hydrogen-bond donors (Lipinski definition) is 0. The molecule has 2 aliphatic rings. The average Bonchev–Trinajstić information content (AvgIpc) is 3.24. The first-order valence-electron chi connectivity index (χ1n) is 8.09. The third kappa shape index (κ3) is 3.13. The smallest absolute Gasteiger partial charge is 0.223 e. The maximum absolute atomic E-state index is 11.8. The first-order valence-corrected chi connectivity index (χ1v) is 8.97. The molecule has 0 aliphatic carbocycles. The first kappa shape index (κ1) is 14.8. The van der Waals surface area contributed by atoms with E-state index in [-0.39, 0.29) is 5.91 Å². The molecule has 0 radical (unpaired) electrons. The number of thiazole rings is 1. The Balaban J connectivity index is 1.43. The van der Waals surface area contributed by atoms with E-state index in [9.17, 15) is 4.79 Å². The molecule has 23 heavy (non-hydrogen) atoms. The van der Waals surface area contributed by atoms with Crippen molar-refractivity contribution in [2.45, 2.75) is 38.9 Å². The van der Waals surface area contributed by atoms with E-state index in [4.69, 9.17) is 0 Å². The van der Waals surface area contributed by atoms with Crippen molar-refractivity contribution in [1.29, 1.82) is 0 Å². The van der Waals surface area contributed by atoms with Crippen LogP contribution in [0.1, 0.15) is 29.5 Å². The van der Waals surface area contributed by atoms with Crippen molar-refractivity contribution < 1.29 is 4.79 Å². The molecule has 4 rings (SSSR count). The predicted molar refractivity (Wildman–Crippen MR) is 85.8 cm³/mol. The van der Waals surface area contributed by atoms with Crippen molar-refractivity contribution in [2.75, 3.05) is 19.6 Å². The van der Waals surface area contributed by atoms with Gasteiger partial charge >= 0.3 is 0 Å². The highest BCUT2D eigenvalue weighted by atomic mass is 32.1. The summed E-state index contributed by atoms with van der Waals surface area (Å²) in [6, 6.07) is 0. The van der Waals surface area contributed by atoms with E-state index in [0.29, 0.717) is 13.0 Å². The summed E-state index contributed by atoms with van der Waals surface area (Å²) in [7, 11) is 0. The normalized spacial score (nSPS) is 19.1. The van der Waals surface area contributed by atoms with E-state index >= 15 is 0 Å². The van der Waals surface area contributed by atoms with Gasteiger partial charge in [0, 0.05) is 50.6 Å². The number of aromatic nitrogens is 4. The summed E-state index contributed by atoms with van der Waals surface area (Å²) >= 11 is 1.70. The summed E-state index contributed by atoms with van der Waals surface area (Å²) in [5.41, 5.74) is 0. The van der Waals surface area contributed by atoms with E-state index in [1.165, 1.54) is 0 Å². The Bertz CT molecular complexity index is 682. The van der Waals surface area contributed by atoms with Crippen LogP contribution in [0.25, 0.3) is 0 Å². The van der Waals surface area contributed by atoms with Gasteiger partial charge in [-0.05, 0) is 6.42 Å². The molecule has 0 aromatic carbocycles. The van der Waals surface area contributed by atoms with Gasteiger partial charge in [0.15, 0.2) is 5.82 Å². The zero-order chi connectivity index (χ0) is 15.6. The van der Waals surface area contributed by atoms with Crippen molar-refractivity contribution in [2.24, 2.45) is 0 Å². The zero-order valence-corrected chi connectivity index (χ0v) is 13.8. The lowest BCUT2D eigenvalue weighted by Gasteiger charge is -2.18. The SMILES string of the molecule is O=C1CCCN1Cc1nnc2n1CCN(Cc1nccs1)CC2. The molecule has 4 heterocycles. The lowest BCUT2D eigenvalue weighted by molar-refractivity contribution is -0.128. The van der Waals surface area contributed by atoms with Gasteiger partial charge in [0.05, 0.1) is 13.1 Å². The lowest BCUT2D eigenvalue weighted by Crippen LogP contribution is -2.28. The van der Waals surface area contributed by atoms with Crippen LogP contribution in [0, 0.1) is 0 Å². The molecule has 0 atom stereocenters. The van der Waals surface area contributed by atoms with Gasteiger partial charge in [-0.1, -0.05) is 0 Å². The Labute approximate surface area is 138 Å². The summed E-state index contributed by atoms with van der Waals surface area (Å²) < 4.78 is 2.20. The fourth-order valence-corrected chi connectivity index (χ4v) is 3.92. The van der Waals surface area contributed by atoms with E-state index in [2.05, 4.69) is 24.6 Å². The fraction of sp³-hybridized carbons (Fsp3) is 0.600. The predicted octanol–water partition coefficient (Wildman–Crippen LogP) is 0.915. The van der Waals surface area contributed by atoms with Gasteiger partial charge in [-0.3, -0.25) is 9.69 Å². The highest BCUT2D eigenvalue weighted by Gasteiger charge is 2.24. The molecule has 2 aromatic rings. The third-order valence-electron chi connectivity index (χ3n) is 4.54. The minimum Gasteiger partial charge on any atom is -0.335 e. The van der Waals surface area contributed by atoms with Crippen LogP contribution >= 0.6 is 11.3 Å². The van der Waals surface area contributed by atoms with E-state index in [1.54, 1.807) is 11.3 Å². The molecule has 7 nitrogen and oxygen atoms in total. The molecular weight excluding hydrogens is 312 g/mol. The summed E-state index contributed by atoms with van der Waals surface area (Å²) in [6.45, 7) is 5.16. The molecule has 8 heteroatoms. The number of rotatable bonds is 4. The number of likely N-dealkylation sites (tertiary alicyclic amines) is 1. The van der Waals surface area contributed by atoms with Crippen LogP contribution in [0.4, 0.5) is 0 Å². The van der Waals surface area contributed by atoms with Crippen molar-refractivity contribution in [3.8, 4) is 0 Å². The van der Waals surface area contributed by atoms with Crippen LogP contribution in [-0.2, 0) is 30.8 Å². The molecular formula is C15H20N6OS. The Morgan fingerprint density at radius 3 is 2.83 bits per heavy atom. The van der Waals surface area contributed by atoms with Gasteiger partial charge in [-0.15, -0.1) is 21.5 Å². The van der Waals surface area contributed by atoms with Crippen LogP contribution in [0.3, 0.4) is 0 Å². The van der Waals surface area contributed by atoms with Gasteiger partial charge in [0.2, 0.25) is 5.91 Å². The molecule has 0 spiro atoms. The molecule has 2 aliphatic heterocycles. The largest absolute Gasteiger partial charge is 0.335 e. The van der Waals surface area contributed by atoms with Crippen LogP contribution in [0.2, 0.25) is 0 Å². The van der Waals surface area contributed by atoms with Gasteiger partial charge in [0.1, 0.15) is 10.8 Å². The number of amides is 1. The van der Waals surface area contributed by atoms with Crippen molar-refractivity contribution in [3.05, 3.63) is 28.2 Å². The maximum atomic E-state index is 11.8. The van der Waals surface area contributed by atoms with Crippen LogP contribution in [0.5, 0.6) is 0 Å². The lowest BCUT2D eigenvalue weighted by atomic mass is 10.3. The van der Waals surface area contributed by atoms with Crippen molar-refractivity contribution in [3.63, 3.8) is 0 Å². The van der Waals surface area contributed by atoms with E-state index in [0.717, 1.165) is 62.2 Å². The minimum absolute atomic E-state index is 0.237. The second kappa shape index (κ2) is 6.37. The van der Waals surface area contributed by atoms with E-state index < -0.39 is 0 Å². The molecule has 1 amide bonds. The standard InChI is InChI=1S/C15H20N6OS/c22-15-2-1-5-20(15)10-13-18-17-12-3-6-19(7-8-21(12)13)11-14-16-4-9-23-14/h4,9H,1-3,5-8,10-11H2. The molecule has 0 saturated carbocycles. The molecule has 0 unspecified atom stereocenters. The number of fused-ring (bicyclic) bond motifs is 1. The fourth-order valence-electron chi connectivity index (χ4n) is 3.27. The van der Waals surface area contributed by atoms with Gasteiger partial charge in [-0.2, -0.15) is 0 Å². The number of nitrogens with zero attached hydrogens (tertiary/aromatic N) is 6. The van der Waals surface area contributed by atoms with E-state index in [1.807, 2.05) is 16.5 Å². The highest BCUT2D eigenvalue weighted by molar-refractivity contribution is 7.09. The average molecular weight is 332 g/mol. The monoisotopic (exact) mass is 332 g/mol. The zero-order valence-electron chi connectivity index (χ0n) is 13.0. The van der Waals surface area contributed by atoms with Crippen LogP contribution in [-0.4, -0.2) is 55.1 Å². The molecule has 122 valence electrons. The second-order valence-electron chi connectivity index (χ2n) is 6.05. The summed E-state index contributed by atoms with van der Waals surface area (Å²) in [6.07, 6.45) is 4.38. The molecule has 1 fully saturated rings. The summed E-state index contributed by atoms with van der Waals surface area (Å²) in [5.74, 6) is 2.20. The molecule has 2 aromatic heterocycles. The number of carbonyl (C=O) groups excluding carboxylic acids is 1. The topological polar surface area (TPSA) is 67.2 Å². The highest BCUT2D eigenvalue weighted by Crippen LogP contribution is 2.17. The Kier molecular flexibility index (Phi) is 4.09. The van der Waals surface area contributed by atoms with Gasteiger partial charge in [0.25, 0.3) is 0 Å². The van der Waals surface area contributed by atoms with Crippen LogP contribution < -0.4 is 0 Å². The second-order valence-corrected chi connectivity index (χ2v) is 7.03. The number of hydrogen-bond acceptors (Lipinski definition) is 6. The van der Waals surface area contributed by atoms with Crippen molar-refractivity contribution in [1.82, 2.24) is 29.5 Å². The Hall–Kier alpha value is -1.80. The minimum atomic E-state index is 0.237. The van der Waals surface area contributed by atoms with Gasteiger partial charge < -0.3 is 9.47 Å². The molecule has 0 bridgehead atoms. The first-order chi connectivity index (χ1) is 11.3. The number of carbonyl (C=O) groups is 1. The molecule has 0 N–H and O–H groups in total. The quantitative estimate of drug-likeness (QED) is 0.833. The summed E-state index contributed by atoms with van der Waals surface area (Å²) in [4.78, 5) is 20.5. The maximum Gasteiger partial charge on any atom is 0.223 e. The Morgan fingerprint density at radius 1 is 1.09 bits per heavy atom.